The van der Waals surface area contributed by atoms with Crippen LogP contribution in [0.5, 0.6) is 0 Å². The number of hydrogen-bond acceptors (Lipinski definition) is 3. The molecule has 1 saturated heterocycles. The summed E-state index contributed by atoms with van der Waals surface area (Å²) in [6.07, 6.45) is 6.82. The molecule has 0 spiro atoms. The van der Waals surface area contributed by atoms with Crippen molar-refractivity contribution in [3.05, 3.63) is 89.0 Å². The topological polar surface area (TPSA) is 77.9 Å². The first kappa shape index (κ1) is 30.9. The first-order valence-electron chi connectivity index (χ1n) is 15.4. The van der Waals surface area contributed by atoms with Crippen LogP contribution in [0.4, 0.5) is 0 Å². The highest BCUT2D eigenvalue weighted by Gasteiger charge is 2.69. The van der Waals surface area contributed by atoms with Crippen molar-refractivity contribution in [3.8, 4) is 0 Å². The third kappa shape index (κ3) is 4.80. The highest BCUT2D eigenvalue weighted by molar-refractivity contribution is 6.53. The van der Waals surface area contributed by atoms with Crippen LogP contribution in [0.3, 0.4) is 0 Å². The Kier molecular flexibility index (Phi) is 7.37. The van der Waals surface area contributed by atoms with Gasteiger partial charge in [0.15, 0.2) is 0 Å². The average Bonchev–Trinajstić information content (AvgIpc) is 3.54. The molecule has 2 aliphatic carbocycles. The van der Waals surface area contributed by atoms with Crippen molar-refractivity contribution in [1.29, 1.82) is 0 Å². The fourth-order valence-corrected chi connectivity index (χ4v) is 8.81. The summed E-state index contributed by atoms with van der Waals surface area (Å²) in [7, 11) is 0. The van der Waals surface area contributed by atoms with Crippen LogP contribution in [0.2, 0.25) is 0 Å². The number of carboxylic acids is 1. The zero-order valence-corrected chi connectivity index (χ0v) is 27.3. The third-order valence-electron chi connectivity index (χ3n) is 10.9. The summed E-state index contributed by atoms with van der Waals surface area (Å²) < 4.78 is -1.02. The van der Waals surface area contributed by atoms with Crippen LogP contribution < -0.4 is 0 Å². The van der Waals surface area contributed by atoms with E-state index >= 15 is 0 Å². The molecule has 44 heavy (non-hydrogen) atoms. The largest absolute Gasteiger partial charge is 0.478 e. The second kappa shape index (κ2) is 10.5. The molecule has 2 atom stereocenters. The van der Waals surface area contributed by atoms with Crippen molar-refractivity contribution < 1.29 is 19.5 Å². The Bertz CT molecular complexity index is 1570. The van der Waals surface area contributed by atoms with Gasteiger partial charge in [0.1, 0.15) is 4.33 Å². The van der Waals surface area contributed by atoms with Gasteiger partial charge in [-0.2, -0.15) is 0 Å². The molecule has 2 heterocycles. The van der Waals surface area contributed by atoms with E-state index in [4.69, 9.17) is 23.2 Å². The predicted octanol–water partition coefficient (Wildman–Crippen LogP) is 7.12. The number of piperidine rings is 1. The lowest BCUT2D eigenvalue weighted by Gasteiger charge is -2.52. The van der Waals surface area contributed by atoms with E-state index in [0.29, 0.717) is 45.4 Å². The summed E-state index contributed by atoms with van der Waals surface area (Å²) in [6, 6.07) is 17.1. The van der Waals surface area contributed by atoms with Crippen LogP contribution in [0.25, 0.3) is 5.57 Å². The number of rotatable bonds is 5. The molecule has 2 fully saturated rings. The van der Waals surface area contributed by atoms with E-state index in [2.05, 4.69) is 32.9 Å². The Morgan fingerprint density at radius 1 is 0.818 bits per heavy atom. The lowest BCUT2D eigenvalue weighted by atomic mass is 9.58. The summed E-state index contributed by atoms with van der Waals surface area (Å²) in [5, 5.41) is 9.34. The van der Waals surface area contributed by atoms with Crippen molar-refractivity contribution in [2.24, 2.45) is 16.2 Å². The fraction of sp³-hybridized carbons (Fsp3) is 0.472. The molecule has 2 amide bonds. The molecule has 1 unspecified atom stereocenters. The summed E-state index contributed by atoms with van der Waals surface area (Å²) in [5.74, 6) is -0.846. The number of hydrogen-bond donors (Lipinski definition) is 1. The van der Waals surface area contributed by atoms with Gasteiger partial charge in [0, 0.05) is 37.0 Å². The van der Waals surface area contributed by atoms with Gasteiger partial charge in [-0.05, 0) is 61.4 Å². The minimum atomic E-state index is -1.02. The van der Waals surface area contributed by atoms with Gasteiger partial charge in [-0.15, -0.1) is 23.2 Å². The Morgan fingerprint density at radius 3 is 2.00 bits per heavy atom. The number of halogens is 2. The number of likely N-dealkylation sites (tertiary alicyclic amines) is 1. The van der Waals surface area contributed by atoms with Gasteiger partial charge in [-0.1, -0.05) is 81.0 Å². The Balaban J connectivity index is 1.25. The number of benzene rings is 2. The number of carbonyl (C=O) groups is 3. The summed E-state index contributed by atoms with van der Waals surface area (Å²) in [6.45, 7) is 10.6. The van der Waals surface area contributed by atoms with Gasteiger partial charge in [0.25, 0.3) is 0 Å². The van der Waals surface area contributed by atoms with E-state index < -0.39 is 21.1 Å². The molecule has 2 aromatic carbocycles. The van der Waals surface area contributed by atoms with E-state index in [0.717, 1.165) is 17.5 Å². The van der Waals surface area contributed by atoms with Crippen LogP contribution in [0.15, 0.2) is 72.3 Å². The van der Waals surface area contributed by atoms with Gasteiger partial charge in [-0.3, -0.25) is 9.59 Å². The molecule has 6 nitrogen and oxygen atoms in total. The smallest absolute Gasteiger partial charge is 0.335 e. The van der Waals surface area contributed by atoms with Crippen molar-refractivity contribution in [2.45, 2.75) is 63.1 Å². The lowest BCUT2D eigenvalue weighted by molar-refractivity contribution is -0.145. The predicted molar refractivity (Wildman–Crippen MR) is 174 cm³/mol. The number of nitrogens with zero attached hydrogens (tertiary/aromatic N) is 2. The van der Waals surface area contributed by atoms with Gasteiger partial charge < -0.3 is 14.9 Å². The van der Waals surface area contributed by atoms with Crippen molar-refractivity contribution in [1.82, 2.24) is 9.80 Å². The van der Waals surface area contributed by atoms with Crippen molar-refractivity contribution in [3.63, 3.8) is 0 Å². The van der Waals surface area contributed by atoms with E-state index in [9.17, 15) is 19.5 Å². The Hall–Kier alpha value is -3.09. The average molecular weight is 636 g/mol. The maximum absolute atomic E-state index is 14.7. The van der Waals surface area contributed by atoms with Crippen LogP contribution in [0, 0.1) is 16.2 Å². The highest BCUT2D eigenvalue weighted by Crippen LogP contribution is 2.64. The number of allylic oxidation sites excluding steroid dienone is 2. The standard InChI is InChI=1S/C36H40Cl2N2O4/c1-32(2)27(24-10-12-25(13-11-24)29(41)42)14-16-33(3)23-40(19-15-28(32)33)31(44)35(26-8-6-5-7-9-26)17-20-39(21-18-35)30(43)34(4)22-36(34,37)38/h5-15H,16-23H2,1-4H3,(H,41,42)/t33-,34?/m1/s1. The molecule has 8 heteroatoms. The molecule has 1 saturated carbocycles. The molecule has 0 bridgehead atoms. The van der Waals surface area contributed by atoms with E-state index in [1.165, 1.54) is 11.1 Å². The lowest BCUT2D eigenvalue weighted by Crippen LogP contribution is -2.58. The molecule has 232 valence electrons. The van der Waals surface area contributed by atoms with E-state index in [1.54, 1.807) is 12.1 Å². The molecule has 0 aromatic heterocycles. The molecular weight excluding hydrogens is 595 g/mol. The van der Waals surface area contributed by atoms with E-state index in [-0.39, 0.29) is 28.2 Å². The SMILES string of the molecule is CC1(C)C(c2ccc(C(=O)O)cc2)=CC[C@]2(C)CN(C(=O)C3(c4ccccc4)CCN(C(=O)C4(C)CC4(Cl)Cl)CC3)CC=C12. The van der Waals surface area contributed by atoms with Crippen molar-refractivity contribution in [2.75, 3.05) is 26.2 Å². The number of carboxylic acid groups (broad SMARTS) is 1. The van der Waals surface area contributed by atoms with Gasteiger partial charge in [-0.25, -0.2) is 4.79 Å². The zero-order valence-electron chi connectivity index (χ0n) is 25.8. The molecular formula is C36H40Cl2N2O4. The quantitative estimate of drug-likeness (QED) is 0.281. The zero-order chi connectivity index (χ0) is 31.7. The highest BCUT2D eigenvalue weighted by atomic mass is 35.5. The van der Waals surface area contributed by atoms with Crippen LogP contribution >= 0.6 is 23.2 Å². The second-order valence-electron chi connectivity index (χ2n) is 14.1. The first-order chi connectivity index (χ1) is 20.6. The van der Waals surface area contributed by atoms with Gasteiger partial charge in [0.2, 0.25) is 11.8 Å². The first-order valence-corrected chi connectivity index (χ1v) is 16.2. The van der Waals surface area contributed by atoms with Crippen LogP contribution in [0.1, 0.15) is 74.9 Å². The molecule has 0 radical (unpaired) electrons. The summed E-state index contributed by atoms with van der Waals surface area (Å²) in [4.78, 5) is 43.3. The number of aromatic carboxylic acids is 1. The normalized spacial score (nSPS) is 28.3. The molecule has 2 aromatic rings. The fourth-order valence-electron chi connectivity index (χ4n) is 8.11. The summed E-state index contributed by atoms with van der Waals surface area (Å²) >= 11 is 12.7. The number of carbonyl (C=O) groups excluding carboxylic acids is 2. The maximum atomic E-state index is 14.7. The van der Waals surface area contributed by atoms with Gasteiger partial charge in [0.05, 0.1) is 16.4 Å². The maximum Gasteiger partial charge on any atom is 0.335 e. The third-order valence-corrected chi connectivity index (χ3v) is 12.0. The van der Waals surface area contributed by atoms with Crippen LogP contribution in [-0.4, -0.2) is 63.2 Å². The minimum absolute atomic E-state index is 0.0284. The molecule has 6 rings (SSSR count). The van der Waals surface area contributed by atoms with Crippen molar-refractivity contribution >= 4 is 46.6 Å². The Morgan fingerprint density at radius 2 is 1.43 bits per heavy atom. The second-order valence-corrected chi connectivity index (χ2v) is 15.6. The minimum Gasteiger partial charge on any atom is -0.478 e. The number of fused-ring (bicyclic) bond motifs is 1. The number of alkyl halides is 2. The monoisotopic (exact) mass is 634 g/mol. The molecule has 4 aliphatic rings. The molecule has 2 aliphatic heterocycles. The summed E-state index contributed by atoms with van der Waals surface area (Å²) in [5.41, 5.74) is 2.77. The number of amides is 2. The Labute approximate surface area is 269 Å². The van der Waals surface area contributed by atoms with E-state index in [1.807, 2.05) is 59.2 Å². The van der Waals surface area contributed by atoms with Gasteiger partial charge >= 0.3 is 5.97 Å². The van der Waals surface area contributed by atoms with Crippen LogP contribution in [-0.2, 0) is 15.0 Å². The molecule has 1 N–H and O–H groups in total.